The average Bonchev–Trinajstić information content (AvgIpc) is 2.86. The molecule has 2 atom stereocenters. The number of aromatic nitrogens is 1. The molecule has 34 heavy (non-hydrogen) atoms. The lowest BCUT2D eigenvalue weighted by molar-refractivity contribution is 0.102. The topological polar surface area (TPSA) is 97.7 Å². The lowest BCUT2D eigenvalue weighted by Gasteiger charge is -2.42. The van der Waals surface area contributed by atoms with Gasteiger partial charge in [0, 0.05) is 42.9 Å². The van der Waals surface area contributed by atoms with Gasteiger partial charge in [-0.25, -0.2) is 8.42 Å². The third-order valence-electron chi connectivity index (χ3n) is 6.54. The number of hydrogen-bond donors (Lipinski definition) is 1. The lowest BCUT2D eigenvalue weighted by Crippen LogP contribution is -2.49. The first-order chi connectivity index (χ1) is 16.4. The van der Waals surface area contributed by atoms with Crippen molar-refractivity contribution in [2.45, 2.75) is 23.8 Å². The van der Waals surface area contributed by atoms with Gasteiger partial charge in [-0.2, -0.15) is 4.31 Å². The maximum Gasteiger partial charge on any atom is 0.255 e. The molecule has 0 spiro atoms. The van der Waals surface area contributed by atoms with Gasteiger partial charge in [0.1, 0.15) is 5.75 Å². The van der Waals surface area contributed by atoms with Crippen molar-refractivity contribution in [3.63, 3.8) is 0 Å². The molecule has 1 fully saturated rings. The number of pyridine rings is 1. The highest BCUT2D eigenvalue weighted by molar-refractivity contribution is 7.89. The largest absolute Gasteiger partial charge is 0.497 e. The fourth-order valence-electron chi connectivity index (χ4n) is 4.95. The Labute approximate surface area is 197 Å². The molecule has 1 aromatic heterocycles. The van der Waals surface area contributed by atoms with E-state index < -0.39 is 10.0 Å². The fraction of sp³-hybridized carbons (Fsp3) is 0.280. The molecule has 9 heteroatoms. The van der Waals surface area contributed by atoms with Crippen molar-refractivity contribution in [3.05, 3.63) is 88.3 Å². The molecule has 2 aliphatic rings. The first-order valence-electron chi connectivity index (χ1n) is 11.1. The third kappa shape index (κ3) is 4.01. The molecule has 5 rings (SSSR count). The molecule has 0 radical (unpaired) electrons. The second-order valence-corrected chi connectivity index (χ2v) is 10.6. The summed E-state index contributed by atoms with van der Waals surface area (Å²) in [5.74, 6) is 0.113. The first-order valence-corrected chi connectivity index (χ1v) is 12.5. The number of carbonyl (C=O) groups excluding carboxylic acids is 1. The van der Waals surface area contributed by atoms with E-state index in [1.165, 1.54) is 17.5 Å². The molecule has 1 amide bonds. The van der Waals surface area contributed by atoms with Crippen LogP contribution in [0.5, 0.6) is 5.75 Å². The summed E-state index contributed by atoms with van der Waals surface area (Å²) in [6.45, 7) is 0.994. The van der Waals surface area contributed by atoms with E-state index in [0.717, 1.165) is 6.42 Å². The molecular formula is C25H25N3O5S. The van der Waals surface area contributed by atoms with Crippen molar-refractivity contribution in [1.29, 1.82) is 0 Å². The Kier molecular flexibility index (Phi) is 5.75. The van der Waals surface area contributed by atoms with E-state index >= 15 is 0 Å². The van der Waals surface area contributed by atoms with Gasteiger partial charge >= 0.3 is 0 Å². The molecule has 2 bridgehead atoms. The summed E-state index contributed by atoms with van der Waals surface area (Å²) >= 11 is 0. The van der Waals surface area contributed by atoms with Gasteiger partial charge in [0.05, 0.1) is 17.7 Å². The molecule has 1 saturated heterocycles. The molecule has 3 aromatic rings. The van der Waals surface area contributed by atoms with Gasteiger partial charge in [-0.1, -0.05) is 18.2 Å². The molecule has 176 valence electrons. The molecule has 0 aliphatic carbocycles. The van der Waals surface area contributed by atoms with Crippen molar-refractivity contribution in [3.8, 4) is 5.75 Å². The number of fused-ring (bicyclic) bond motifs is 4. The minimum Gasteiger partial charge on any atom is -0.497 e. The molecule has 0 unspecified atom stereocenters. The van der Waals surface area contributed by atoms with Crippen LogP contribution in [0.4, 0.5) is 5.69 Å². The van der Waals surface area contributed by atoms with Crippen molar-refractivity contribution in [1.82, 2.24) is 8.87 Å². The van der Waals surface area contributed by atoms with Crippen LogP contribution >= 0.6 is 0 Å². The van der Waals surface area contributed by atoms with E-state index in [1.807, 2.05) is 6.07 Å². The highest BCUT2D eigenvalue weighted by Gasteiger charge is 2.40. The van der Waals surface area contributed by atoms with Crippen LogP contribution in [0.1, 0.15) is 28.4 Å². The van der Waals surface area contributed by atoms with E-state index in [1.54, 1.807) is 59.2 Å². The Morgan fingerprint density at radius 3 is 2.41 bits per heavy atom. The molecule has 1 N–H and O–H groups in total. The number of rotatable bonds is 5. The number of sulfonamides is 1. The Morgan fingerprint density at radius 2 is 1.71 bits per heavy atom. The van der Waals surface area contributed by atoms with Gasteiger partial charge in [-0.3, -0.25) is 9.59 Å². The third-order valence-corrected chi connectivity index (χ3v) is 8.38. The van der Waals surface area contributed by atoms with Crippen LogP contribution in [0.3, 0.4) is 0 Å². The zero-order valence-corrected chi connectivity index (χ0v) is 19.5. The van der Waals surface area contributed by atoms with Crippen molar-refractivity contribution in [2.75, 3.05) is 25.5 Å². The van der Waals surface area contributed by atoms with Crippen molar-refractivity contribution >= 4 is 21.6 Å². The van der Waals surface area contributed by atoms with Crippen LogP contribution < -0.4 is 15.6 Å². The van der Waals surface area contributed by atoms with Gasteiger partial charge in [0.2, 0.25) is 10.0 Å². The van der Waals surface area contributed by atoms with E-state index in [2.05, 4.69) is 5.32 Å². The number of hydrogen-bond acceptors (Lipinski definition) is 5. The normalized spacial score (nSPS) is 19.8. The second kappa shape index (κ2) is 8.73. The van der Waals surface area contributed by atoms with Gasteiger partial charge in [-0.05, 0) is 54.8 Å². The highest BCUT2D eigenvalue weighted by atomic mass is 32.2. The standard InChI is InChI=1S/C25H25N3O5S/c1-33-20-7-9-21(10-8-20)34(31,32)27-14-17-13-19(16-27)24-22(11-12-23(29)28(24)15-17)26-25(30)18-5-3-2-4-6-18/h2-12,17,19H,13-16H2,1H3,(H,26,30)/t17-,19-/m1/s1. The lowest BCUT2D eigenvalue weighted by atomic mass is 9.83. The Morgan fingerprint density at radius 1 is 0.971 bits per heavy atom. The van der Waals surface area contributed by atoms with E-state index in [-0.39, 0.29) is 34.7 Å². The molecule has 2 aliphatic heterocycles. The van der Waals surface area contributed by atoms with Crippen LogP contribution in [-0.2, 0) is 16.6 Å². The summed E-state index contributed by atoms with van der Waals surface area (Å²) in [6, 6.07) is 18.3. The van der Waals surface area contributed by atoms with Gasteiger partial charge < -0.3 is 14.6 Å². The Bertz CT molecular complexity index is 1380. The van der Waals surface area contributed by atoms with Gasteiger partial charge in [0.25, 0.3) is 11.5 Å². The summed E-state index contributed by atoms with van der Waals surface area (Å²) < 4.78 is 35.1. The number of carbonyl (C=O) groups is 1. The SMILES string of the molecule is COc1ccc(S(=O)(=O)N2C[C@H]3C[C@H](C2)c2c(NC(=O)c4ccccc4)ccc(=O)n2C3)cc1. The number of benzene rings is 2. The number of methoxy groups -OCH3 is 1. The summed E-state index contributed by atoms with van der Waals surface area (Å²) in [4.78, 5) is 25.7. The number of anilines is 1. The van der Waals surface area contributed by atoms with Crippen LogP contribution in [0.2, 0.25) is 0 Å². The van der Waals surface area contributed by atoms with Crippen LogP contribution in [0.15, 0.2) is 76.4 Å². The number of piperidine rings is 1. The summed E-state index contributed by atoms with van der Waals surface area (Å²) in [5.41, 5.74) is 1.59. The van der Waals surface area contributed by atoms with Crippen LogP contribution in [-0.4, -0.2) is 43.4 Å². The zero-order chi connectivity index (χ0) is 23.9. The first kappa shape index (κ1) is 22.4. The van der Waals surface area contributed by atoms with Crippen molar-refractivity contribution < 1.29 is 17.9 Å². The molecule has 3 heterocycles. The predicted molar refractivity (Wildman–Crippen MR) is 128 cm³/mol. The maximum absolute atomic E-state index is 13.4. The fourth-order valence-corrected chi connectivity index (χ4v) is 6.52. The Balaban J connectivity index is 1.47. The molecule has 0 saturated carbocycles. The van der Waals surface area contributed by atoms with Gasteiger partial charge in [0.15, 0.2) is 0 Å². The van der Waals surface area contributed by atoms with Gasteiger partial charge in [-0.15, -0.1) is 0 Å². The van der Waals surface area contributed by atoms with E-state index in [9.17, 15) is 18.0 Å². The molecule has 8 nitrogen and oxygen atoms in total. The average molecular weight is 480 g/mol. The number of nitrogens with zero attached hydrogens (tertiary/aromatic N) is 2. The number of ether oxygens (including phenoxy) is 1. The highest BCUT2D eigenvalue weighted by Crippen LogP contribution is 2.40. The Hall–Kier alpha value is -3.43. The van der Waals surface area contributed by atoms with Crippen LogP contribution in [0, 0.1) is 5.92 Å². The monoisotopic (exact) mass is 479 g/mol. The van der Waals surface area contributed by atoms with Crippen molar-refractivity contribution in [2.24, 2.45) is 5.92 Å². The second-order valence-electron chi connectivity index (χ2n) is 8.70. The quantitative estimate of drug-likeness (QED) is 0.607. The predicted octanol–water partition coefficient (Wildman–Crippen LogP) is 2.92. The maximum atomic E-state index is 13.4. The summed E-state index contributed by atoms with van der Waals surface area (Å²) in [6.07, 6.45) is 0.756. The molecule has 2 aromatic carbocycles. The number of amides is 1. The minimum absolute atomic E-state index is 0.0112. The van der Waals surface area contributed by atoms with E-state index in [0.29, 0.717) is 35.8 Å². The summed E-state index contributed by atoms with van der Waals surface area (Å²) in [7, 11) is -2.19. The van der Waals surface area contributed by atoms with Crippen LogP contribution in [0.25, 0.3) is 0 Å². The molecular weight excluding hydrogens is 454 g/mol. The van der Waals surface area contributed by atoms with E-state index in [4.69, 9.17) is 4.74 Å². The minimum atomic E-state index is -3.72. The zero-order valence-electron chi connectivity index (χ0n) is 18.7. The summed E-state index contributed by atoms with van der Waals surface area (Å²) in [5, 5.41) is 2.93. The smallest absolute Gasteiger partial charge is 0.255 e. The number of nitrogens with one attached hydrogen (secondary N) is 1.